The van der Waals surface area contributed by atoms with Gasteiger partial charge in [0.05, 0.1) is 19.4 Å². The monoisotopic (exact) mass is 438 g/mol. The van der Waals surface area contributed by atoms with Crippen LogP contribution in [0.3, 0.4) is 0 Å². The number of anilines is 2. The summed E-state index contributed by atoms with van der Waals surface area (Å²) in [4.78, 5) is 25.3. The number of ether oxygens (including phenoxy) is 1. The summed E-state index contributed by atoms with van der Waals surface area (Å²) in [5.41, 5.74) is 3.15. The molecule has 0 heterocycles. The van der Waals surface area contributed by atoms with Crippen molar-refractivity contribution in [3.05, 3.63) is 102 Å². The molecule has 33 heavy (non-hydrogen) atoms. The van der Waals surface area contributed by atoms with Gasteiger partial charge >= 0.3 is 0 Å². The van der Waals surface area contributed by atoms with Gasteiger partial charge in [0.1, 0.15) is 5.75 Å². The van der Waals surface area contributed by atoms with Crippen molar-refractivity contribution in [3.8, 4) is 5.75 Å². The highest BCUT2D eigenvalue weighted by Crippen LogP contribution is 2.26. The number of hydrogen-bond donors (Lipinski definition) is 2. The van der Waals surface area contributed by atoms with Gasteiger partial charge in [-0.1, -0.05) is 60.7 Å². The summed E-state index contributed by atoms with van der Waals surface area (Å²) in [7, 11) is 1.64. The van der Waals surface area contributed by atoms with Gasteiger partial charge in [-0.2, -0.15) is 0 Å². The van der Waals surface area contributed by atoms with Crippen molar-refractivity contribution in [2.24, 2.45) is 0 Å². The topological polar surface area (TPSA) is 67.4 Å². The van der Waals surface area contributed by atoms with Crippen LogP contribution in [0.2, 0.25) is 0 Å². The fraction of sp³-hybridized carbons (Fsp3) is 0.143. The first-order valence-corrected chi connectivity index (χ1v) is 10.8. The highest BCUT2D eigenvalue weighted by Gasteiger charge is 2.16. The second kappa shape index (κ2) is 10.0. The molecule has 0 fully saturated rings. The Hall–Kier alpha value is -4.12. The van der Waals surface area contributed by atoms with E-state index < -0.39 is 0 Å². The number of fused-ring (bicyclic) bond motifs is 1. The van der Waals surface area contributed by atoms with Gasteiger partial charge in [0, 0.05) is 11.4 Å². The van der Waals surface area contributed by atoms with Crippen molar-refractivity contribution in [2.45, 2.75) is 19.3 Å². The average Bonchev–Trinajstić information content (AvgIpc) is 2.83. The molecule has 4 aromatic rings. The third-order valence-electron chi connectivity index (χ3n) is 5.59. The van der Waals surface area contributed by atoms with Crippen LogP contribution in [0.5, 0.6) is 5.75 Å². The maximum Gasteiger partial charge on any atom is 0.231 e. The zero-order valence-corrected chi connectivity index (χ0v) is 18.7. The molecule has 2 N–H and O–H groups in total. The van der Waals surface area contributed by atoms with Crippen molar-refractivity contribution in [1.82, 2.24) is 0 Å². The van der Waals surface area contributed by atoms with Crippen LogP contribution in [0.4, 0.5) is 11.4 Å². The molecule has 0 saturated carbocycles. The molecule has 4 rings (SSSR count). The maximum atomic E-state index is 12.9. The molecule has 0 aliphatic heterocycles. The Morgan fingerprint density at radius 3 is 2.24 bits per heavy atom. The second-order valence-corrected chi connectivity index (χ2v) is 7.97. The fourth-order valence-corrected chi connectivity index (χ4v) is 3.70. The van der Waals surface area contributed by atoms with E-state index in [-0.39, 0.29) is 17.7 Å². The fourth-order valence-electron chi connectivity index (χ4n) is 3.70. The lowest BCUT2D eigenvalue weighted by Gasteiger charge is -2.14. The minimum absolute atomic E-state index is 0.106. The molecule has 0 saturated heterocycles. The van der Waals surface area contributed by atoms with Crippen molar-refractivity contribution < 1.29 is 14.3 Å². The molecule has 2 amide bonds. The number of amides is 2. The van der Waals surface area contributed by atoms with Crippen LogP contribution in [0, 0.1) is 0 Å². The zero-order chi connectivity index (χ0) is 23.2. The third-order valence-corrected chi connectivity index (χ3v) is 5.59. The Labute approximate surface area is 193 Å². The standard InChI is InChI=1S/C28H26N2O3/c1-19(21-11-12-23-17-26(33-2)14-13-22(23)16-21)28(32)30-25-10-6-9-24(18-25)29-27(31)15-20-7-4-3-5-8-20/h3-14,16-19H,15H2,1-2H3,(H,29,31)(H,30,32)/t19-/m0/s1. The van der Waals surface area contributed by atoms with Crippen LogP contribution in [0.15, 0.2) is 91.0 Å². The molecule has 4 aromatic carbocycles. The van der Waals surface area contributed by atoms with Gasteiger partial charge in [0.2, 0.25) is 11.8 Å². The van der Waals surface area contributed by atoms with E-state index in [4.69, 9.17) is 4.74 Å². The Balaban J connectivity index is 1.41. The lowest BCUT2D eigenvalue weighted by Crippen LogP contribution is -2.19. The number of hydrogen-bond acceptors (Lipinski definition) is 3. The van der Waals surface area contributed by atoms with Crippen molar-refractivity contribution in [2.75, 3.05) is 17.7 Å². The van der Waals surface area contributed by atoms with Crippen LogP contribution in [0.1, 0.15) is 24.0 Å². The van der Waals surface area contributed by atoms with E-state index >= 15 is 0 Å². The summed E-state index contributed by atoms with van der Waals surface area (Å²) >= 11 is 0. The lowest BCUT2D eigenvalue weighted by atomic mass is 9.97. The zero-order valence-electron chi connectivity index (χ0n) is 18.7. The predicted molar refractivity (Wildman–Crippen MR) is 133 cm³/mol. The van der Waals surface area contributed by atoms with E-state index in [1.807, 2.05) is 85.8 Å². The summed E-state index contributed by atoms with van der Waals surface area (Å²) < 4.78 is 5.28. The number of benzene rings is 4. The minimum Gasteiger partial charge on any atom is -0.497 e. The number of nitrogens with one attached hydrogen (secondary N) is 2. The normalized spacial score (nSPS) is 11.6. The van der Waals surface area contributed by atoms with Crippen molar-refractivity contribution in [3.63, 3.8) is 0 Å². The number of carbonyl (C=O) groups is 2. The van der Waals surface area contributed by atoms with Gasteiger partial charge in [-0.05, 0) is 59.2 Å². The van der Waals surface area contributed by atoms with E-state index in [2.05, 4.69) is 10.6 Å². The highest BCUT2D eigenvalue weighted by atomic mass is 16.5. The van der Waals surface area contributed by atoms with E-state index in [0.717, 1.165) is 27.6 Å². The van der Waals surface area contributed by atoms with Crippen LogP contribution >= 0.6 is 0 Å². The summed E-state index contributed by atoms with van der Waals surface area (Å²) in [6.07, 6.45) is 0.294. The van der Waals surface area contributed by atoms with E-state index in [9.17, 15) is 9.59 Å². The number of methoxy groups -OCH3 is 1. The lowest BCUT2D eigenvalue weighted by molar-refractivity contribution is -0.117. The summed E-state index contributed by atoms with van der Waals surface area (Å²) in [5, 5.41) is 7.97. The second-order valence-electron chi connectivity index (χ2n) is 7.97. The van der Waals surface area contributed by atoms with Gasteiger partial charge in [-0.3, -0.25) is 9.59 Å². The summed E-state index contributed by atoms with van der Waals surface area (Å²) in [6.45, 7) is 1.88. The van der Waals surface area contributed by atoms with Crippen LogP contribution in [0.25, 0.3) is 10.8 Å². The smallest absolute Gasteiger partial charge is 0.231 e. The molecule has 1 atom stereocenters. The molecule has 0 bridgehead atoms. The predicted octanol–water partition coefficient (Wildman–Crippen LogP) is 5.77. The van der Waals surface area contributed by atoms with E-state index in [0.29, 0.717) is 17.8 Å². The number of carbonyl (C=O) groups excluding carboxylic acids is 2. The summed E-state index contributed by atoms with van der Waals surface area (Å²) in [5.74, 6) is 0.242. The largest absolute Gasteiger partial charge is 0.497 e. The van der Waals surface area contributed by atoms with Gasteiger partial charge in [-0.15, -0.1) is 0 Å². The highest BCUT2D eigenvalue weighted by molar-refractivity contribution is 5.98. The Kier molecular flexibility index (Phi) is 6.69. The molecule has 0 aliphatic carbocycles. The van der Waals surface area contributed by atoms with Crippen LogP contribution in [-0.4, -0.2) is 18.9 Å². The van der Waals surface area contributed by atoms with Crippen LogP contribution < -0.4 is 15.4 Å². The van der Waals surface area contributed by atoms with Gasteiger partial charge in [0.15, 0.2) is 0 Å². The average molecular weight is 439 g/mol. The minimum atomic E-state index is -0.340. The van der Waals surface area contributed by atoms with Gasteiger partial charge in [0.25, 0.3) is 0 Å². The maximum absolute atomic E-state index is 12.9. The molecule has 166 valence electrons. The molecule has 5 nitrogen and oxygen atoms in total. The van der Waals surface area contributed by atoms with Gasteiger partial charge in [-0.25, -0.2) is 0 Å². The van der Waals surface area contributed by atoms with E-state index in [1.165, 1.54) is 0 Å². The molecule has 0 aromatic heterocycles. The van der Waals surface area contributed by atoms with Crippen LogP contribution in [-0.2, 0) is 16.0 Å². The molecule has 5 heteroatoms. The first-order chi connectivity index (χ1) is 16.0. The third kappa shape index (κ3) is 5.57. The molecular weight excluding hydrogens is 412 g/mol. The number of rotatable bonds is 7. The van der Waals surface area contributed by atoms with Gasteiger partial charge < -0.3 is 15.4 Å². The Morgan fingerprint density at radius 1 is 0.788 bits per heavy atom. The SMILES string of the molecule is COc1ccc2cc([C@H](C)C(=O)Nc3cccc(NC(=O)Cc4ccccc4)c3)ccc2c1. The molecule has 0 radical (unpaired) electrons. The molecule has 0 spiro atoms. The van der Waals surface area contributed by atoms with Crippen molar-refractivity contribution in [1.29, 1.82) is 0 Å². The quantitative estimate of drug-likeness (QED) is 0.385. The van der Waals surface area contributed by atoms with Crippen molar-refractivity contribution >= 4 is 34.0 Å². The Bertz CT molecular complexity index is 1280. The first-order valence-electron chi connectivity index (χ1n) is 10.8. The van der Waals surface area contributed by atoms with E-state index in [1.54, 1.807) is 19.2 Å². The Morgan fingerprint density at radius 2 is 1.48 bits per heavy atom. The first kappa shape index (κ1) is 22.1. The molecule has 0 unspecified atom stereocenters. The molecular formula is C28H26N2O3. The molecule has 0 aliphatic rings. The summed E-state index contributed by atoms with van der Waals surface area (Å²) in [6, 6.07) is 28.6.